The minimum Gasteiger partial charge on any atom is -0.379 e. The molecule has 0 aromatic rings. The van der Waals surface area contributed by atoms with Crippen LogP contribution in [0.2, 0.25) is 0 Å². The molecule has 0 aromatic heterocycles. The van der Waals surface area contributed by atoms with Crippen molar-refractivity contribution < 1.29 is 9.53 Å². The molecule has 0 radical (unpaired) electrons. The number of hydrogen-bond acceptors (Lipinski definition) is 3. The first-order valence-corrected chi connectivity index (χ1v) is 6.05. The Kier molecular flexibility index (Phi) is 4.33. The molecule has 94 valence electrons. The molecule has 0 saturated carbocycles. The summed E-state index contributed by atoms with van der Waals surface area (Å²) >= 11 is 0. The third kappa shape index (κ3) is 3.46. The number of rotatable bonds is 4. The van der Waals surface area contributed by atoms with Crippen LogP contribution in [0.15, 0.2) is 0 Å². The molecule has 1 amide bonds. The first-order valence-electron chi connectivity index (χ1n) is 6.05. The highest BCUT2D eigenvalue weighted by Gasteiger charge is 2.34. The van der Waals surface area contributed by atoms with E-state index >= 15 is 0 Å². The van der Waals surface area contributed by atoms with Gasteiger partial charge in [0.1, 0.15) is 0 Å². The Hall–Kier alpha value is -0.610. The van der Waals surface area contributed by atoms with Gasteiger partial charge in [-0.25, -0.2) is 0 Å². The zero-order chi connectivity index (χ0) is 12.2. The summed E-state index contributed by atoms with van der Waals surface area (Å²) in [6, 6.07) is 0. The maximum Gasteiger partial charge on any atom is 0.240 e. The normalized spacial score (nSPS) is 26.5. The van der Waals surface area contributed by atoms with Gasteiger partial charge in [0.2, 0.25) is 5.91 Å². The molecular weight excluding hydrogens is 204 g/mol. The zero-order valence-electron chi connectivity index (χ0n) is 10.9. The van der Waals surface area contributed by atoms with Gasteiger partial charge in [-0.05, 0) is 40.2 Å². The van der Waals surface area contributed by atoms with Crippen molar-refractivity contribution in [3.8, 4) is 0 Å². The average molecular weight is 228 g/mol. The Morgan fingerprint density at radius 1 is 1.50 bits per heavy atom. The van der Waals surface area contributed by atoms with E-state index in [0.717, 1.165) is 26.0 Å². The minimum atomic E-state index is -0.519. The van der Waals surface area contributed by atoms with Crippen molar-refractivity contribution in [1.29, 1.82) is 0 Å². The number of hydrogen-bond donors (Lipinski definition) is 2. The second-order valence-electron chi connectivity index (χ2n) is 5.33. The Morgan fingerprint density at radius 2 is 2.19 bits per heavy atom. The monoisotopic (exact) mass is 228 g/mol. The molecule has 1 unspecified atom stereocenters. The molecule has 4 heteroatoms. The van der Waals surface area contributed by atoms with Gasteiger partial charge in [-0.2, -0.15) is 0 Å². The number of likely N-dealkylation sites (N-methyl/N-ethyl adjacent to an activating group) is 1. The molecule has 0 aromatic carbocycles. The van der Waals surface area contributed by atoms with Crippen molar-refractivity contribution in [2.75, 3.05) is 19.8 Å². The molecular formula is C12H24N2O2. The van der Waals surface area contributed by atoms with Gasteiger partial charge in [-0.15, -0.1) is 0 Å². The van der Waals surface area contributed by atoms with Crippen molar-refractivity contribution >= 4 is 5.91 Å². The summed E-state index contributed by atoms with van der Waals surface area (Å²) in [6.45, 7) is 10.1. The Bertz CT molecular complexity index is 245. The van der Waals surface area contributed by atoms with Gasteiger partial charge in [0.15, 0.2) is 0 Å². The van der Waals surface area contributed by atoms with E-state index < -0.39 is 5.54 Å². The van der Waals surface area contributed by atoms with Crippen LogP contribution in [0.25, 0.3) is 0 Å². The van der Waals surface area contributed by atoms with E-state index in [1.165, 1.54) is 0 Å². The molecule has 0 spiro atoms. The number of amides is 1. The summed E-state index contributed by atoms with van der Waals surface area (Å²) in [7, 11) is 0. The van der Waals surface area contributed by atoms with Gasteiger partial charge in [0, 0.05) is 6.61 Å². The number of ether oxygens (including phenoxy) is 1. The lowest BCUT2D eigenvalue weighted by atomic mass is 9.93. The Balaban J connectivity index is 2.55. The fraction of sp³-hybridized carbons (Fsp3) is 0.917. The standard InChI is InChI=1S/C12H24N2O2/c1-5-13-11(2,3)10(15)14-12(4)7-6-8-16-9-12/h13H,5-9H2,1-4H3,(H,14,15). The highest BCUT2D eigenvalue weighted by Crippen LogP contribution is 2.19. The number of carbonyl (C=O) groups excluding carboxylic acids is 1. The predicted octanol–water partition coefficient (Wildman–Crippen LogP) is 1.06. The van der Waals surface area contributed by atoms with E-state index in [4.69, 9.17) is 4.74 Å². The van der Waals surface area contributed by atoms with Crippen LogP contribution in [0.5, 0.6) is 0 Å². The van der Waals surface area contributed by atoms with E-state index in [0.29, 0.717) is 6.61 Å². The summed E-state index contributed by atoms with van der Waals surface area (Å²) in [5, 5.41) is 6.27. The van der Waals surface area contributed by atoms with Gasteiger partial charge in [0.05, 0.1) is 17.7 Å². The lowest BCUT2D eigenvalue weighted by Crippen LogP contribution is -2.60. The molecule has 1 atom stereocenters. The maximum absolute atomic E-state index is 12.1. The summed E-state index contributed by atoms with van der Waals surface area (Å²) in [4.78, 5) is 12.1. The average Bonchev–Trinajstić information content (AvgIpc) is 2.17. The van der Waals surface area contributed by atoms with Crippen LogP contribution in [0.4, 0.5) is 0 Å². The molecule has 2 N–H and O–H groups in total. The van der Waals surface area contributed by atoms with Gasteiger partial charge >= 0.3 is 0 Å². The van der Waals surface area contributed by atoms with Crippen molar-refractivity contribution in [3.05, 3.63) is 0 Å². The predicted molar refractivity (Wildman–Crippen MR) is 64.4 cm³/mol. The summed E-state index contributed by atoms with van der Waals surface area (Å²) < 4.78 is 5.42. The van der Waals surface area contributed by atoms with E-state index in [9.17, 15) is 4.79 Å². The smallest absolute Gasteiger partial charge is 0.240 e. The van der Waals surface area contributed by atoms with E-state index in [1.807, 2.05) is 27.7 Å². The second kappa shape index (κ2) is 5.15. The Labute approximate surface area is 98.1 Å². The number of nitrogens with one attached hydrogen (secondary N) is 2. The molecule has 1 saturated heterocycles. The maximum atomic E-state index is 12.1. The molecule has 0 aliphatic carbocycles. The molecule has 1 rings (SSSR count). The van der Waals surface area contributed by atoms with Crippen molar-refractivity contribution in [2.24, 2.45) is 0 Å². The molecule has 1 fully saturated rings. The zero-order valence-corrected chi connectivity index (χ0v) is 10.9. The van der Waals surface area contributed by atoms with E-state index in [2.05, 4.69) is 10.6 Å². The first kappa shape index (κ1) is 13.5. The van der Waals surface area contributed by atoms with Crippen LogP contribution >= 0.6 is 0 Å². The van der Waals surface area contributed by atoms with Crippen LogP contribution in [0, 0.1) is 0 Å². The van der Waals surface area contributed by atoms with Crippen molar-refractivity contribution in [1.82, 2.24) is 10.6 Å². The molecule has 16 heavy (non-hydrogen) atoms. The van der Waals surface area contributed by atoms with E-state index in [1.54, 1.807) is 0 Å². The van der Waals surface area contributed by atoms with Gasteiger partial charge in [-0.1, -0.05) is 6.92 Å². The fourth-order valence-electron chi connectivity index (χ4n) is 1.99. The lowest BCUT2D eigenvalue weighted by Gasteiger charge is -2.37. The molecule has 0 bridgehead atoms. The molecule has 1 aliphatic heterocycles. The van der Waals surface area contributed by atoms with Crippen molar-refractivity contribution in [2.45, 2.75) is 51.6 Å². The van der Waals surface area contributed by atoms with Crippen LogP contribution in [0.1, 0.15) is 40.5 Å². The van der Waals surface area contributed by atoms with Crippen LogP contribution in [-0.4, -0.2) is 36.7 Å². The summed E-state index contributed by atoms with van der Waals surface area (Å²) in [5.41, 5.74) is -0.725. The lowest BCUT2D eigenvalue weighted by molar-refractivity contribution is -0.130. The number of carbonyl (C=O) groups is 1. The van der Waals surface area contributed by atoms with Gasteiger partial charge in [0.25, 0.3) is 0 Å². The van der Waals surface area contributed by atoms with Gasteiger partial charge in [-0.3, -0.25) is 4.79 Å². The van der Waals surface area contributed by atoms with Crippen LogP contribution < -0.4 is 10.6 Å². The van der Waals surface area contributed by atoms with Gasteiger partial charge < -0.3 is 15.4 Å². The molecule has 4 nitrogen and oxygen atoms in total. The molecule has 1 heterocycles. The fourth-order valence-corrected chi connectivity index (χ4v) is 1.99. The first-order chi connectivity index (χ1) is 7.40. The summed E-state index contributed by atoms with van der Waals surface area (Å²) in [5.74, 6) is 0.0438. The minimum absolute atomic E-state index is 0.0438. The quantitative estimate of drug-likeness (QED) is 0.756. The Morgan fingerprint density at radius 3 is 2.69 bits per heavy atom. The summed E-state index contributed by atoms with van der Waals surface area (Å²) in [6.07, 6.45) is 2.00. The second-order valence-corrected chi connectivity index (χ2v) is 5.33. The van der Waals surface area contributed by atoms with Crippen molar-refractivity contribution in [3.63, 3.8) is 0 Å². The van der Waals surface area contributed by atoms with E-state index in [-0.39, 0.29) is 11.4 Å². The van der Waals surface area contributed by atoms with Crippen LogP contribution in [-0.2, 0) is 9.53 Å². The third-order valence-electron chi connectivity index (χ3n) is 3.04. The highest BCUT2D eigenvalue weighted by atomic mass is 16.5. The molecule has 1 aliphatic rings. The largest absolute Gasteiger partial charge is 0.379 e. The van der Waals surface area contributed by atoms with Crippen LogP contribution in [0.3, 0.4) is 0 Å². The SMILES string of the molecule is CCNC(C)(C)C(=O)NC1(C)CCCOC1. The topological polar surface area (TPSA) is 50.4 Å². The third-order valence-corrected chi connectivity index (χ3v) is 3.04. The highest BCUT2D eigenvalue weighted by molar-refractivity contribution is 5.86.